The number of hydrogen-bond acceptors (Lipinski definition) is 5. The maximum absolute atomic E-state index is 12.9. The largest absolute Gasteiger partial charge is 0.472 e. The van der Waals surface area contributed by atoms with Crippen molar-refractivity contribution >= 4 is 13.7 Å². The highest BCUT2D eigenvalue weighted by molar-refractivity contribution is 7.47. The summed E-state index contributed by atoms with van der Waals surface area (Å²) >= 11 is 0. The van der Waals surface area contributed by atoms with Crippen molar-refractivity contribution in [2.45, 2.75) is 257 Å². The minimum Gasteiger partial charge on any atom is -0.391 e. The molecule has 1 amide bonds. The second-order valence-corrected chi connectivity index (χ2v) is 20.4. The second kappa shape index (κ2) is 43.2. The highest BCUT2D eigenvalue weighted by Crippen LogP contribution is 2.43. The quantitative estimate of drug-likeness (QED) is 0.0243. The van der Waals surface area contributed by atoms with E-state index in [1.165, 1.54) is 154 Å². The number of carbonyl (C=O) groups excluding carboxylic acids is 1. The van der Waals surface area contributed by atoms with Gasteiger partial charge in [0.25, 0.3) is 0 Å². The number of phosphoric ester groups is 1. The van der Waals surface area contributed by atoms with E-state index >= 15 is 0 Å². The van der Waals surface area contributed by atoms with E-state index in [4.69, 9.17) is 9.05 Å². The number of aliphatic hydroxyl groups excluding tert-OH is 1. The molecule has 0 saturated carbocycles. The Morgan fingerprint density at radius 2 is 0.967 bits per heavy atom. The number of quaternary nitrogens is 1. The fourth-order valence-corrected chi connectivity index (χ4v) is 8.33. The molecule has 0 aromatic rings. The smallest absolute Gasteiger partial charge is 0.391 e. The topological polar surface area (TPSA) is 105 Å². The van der Waals surface area contributed by atoms with E-state index in [1.54, 1.807) is 0 Å². The number of nitrogens with zero attached hydrogens (tertiary/aromatic N) is 1. The van der Waals surface area contributed by atoms with Crippen molar-refractivity contribution in [3.05, 3.63) is 24.3 Å². The number of carbonyl (C=O) groups is 1. The van der Waals surface area contributed by atoms with Gasteiger partial charge in [-0.2, -0.15) is 0 Å². The van der Waals surface area contributed by atoms with Gasteiger partial charge in [0.2, 0.25) is 5.91 Å². The minimum absolute atomic E-state index is 0.0726. The fourth-order valence-electron chi connectivity index (χ4n) is 7.59. The van der Waals surface area contributed by atoms with Gasteiger partial charge in [-0.1, -0.05) is 224 Å². The van der Waals surface area contributed by atoms with Gasteiger partial charge in [-0.05, 0) is 38.5 Å². The number of phosphoric acid groups is 1. The molecule has 0 radical (unpaired) electrons. The normalized spacial score (nSPS) is 14.3. The summed E-state index contributed by atoms with van der Waals surface area (Å²) in [5.41, 5.74) is 0. The van der Waals surface area contributed by atoms with Crippen LogP contribution in [-0.2, 0) is 18.4 Å². The number of unbranched alkanes of at least 4 members (excludes halogenated alkanes) is 30. The van der Waals surface area contributed by atoms with E-state index in [-0.39, 0.29) is 19.1 Å². The average molecular weight is 870 g/mol. The minimum atomic E-state index is -4.32. The summed E-state index contributed by atoms with van der Waals surface area (Å²) in [4.78, 5) is 23.2. The summed E-state index contributed by atoms with van der Waals surface area (Å²) in [5.74, 6) is -0.157. The molecular weight excluding hydrogens is 768 g/mol. The Balaban J connectivity index is 4.19. The van der Waals surface area contributed by atoms with E-state index in [1.807, 2.05) is 21.1 Å². The van der Waals surface area contributed by atoms with E-state index in [2.05, 4.69) is 43.5 Å². The predicted octanol–water partition coefficient (Wildman–Crippen LogP) is 14.9. The summed E-state index contributed by atoms with van der Waals surface area (Å²) < 4.78 is 23.7. The Bertz CT molecular complexity index is 1030. The van der Waals surface area contributed by atoms with Crippen LogP contribution in [0.1, 0.15) is 245 Å². The first-order valence-electron chi connectivity index (χ1n) is 25.7. The zero-order chi connectivity index (χ0) is 44.3. The van der Waals surface area contributed by atoms with Gasteiger partial charge >= 0.3 is 7.82 Å². The molecule has 0 rings (SSSR count). The molecule has 9 heteroatoms. The second-order valence-electron chi connectivity index (χ2n) is 18.9. The molecule has 0 heterocycles. The summed E-state index contributed by atoms with van der Waals surface area (Å²) in [6, 6.07) is -0.766. The Hall–Kier alpha value is -1.02. The van der Waals surface area contributed by atoms with Crippen molar-refractivity contribution in [1.82, 2.24) is 5.32 Å². The average Bonchev–Trinajstić information content (AvgIpc) is 3.20. The van der Waals surface area contributed by atoms with E-state index in [0.717, 1.165) is 64.2 Å². The van der Waals surface area contributed by atoms with Gasteiger partial charge in [0.05, 0.1) is 39.9 Å². The van der Waals surface area contributed by atoms with Crippen molar-refractivity contribution in [3.63, 3.8) is 0 Å². The van der Waals surface area contributed by atoms with Gasteiger partial charge in [-0.15, -0.1) is 0 Å². The van der Waals surface area contributed by atoms with Crippen molar-refractivity contribution in [1.29, 1.82) is 0 Å². The molecule has 3 unspecified atom stereocenters. The van der Waals surface area contributed by atoms with Crippen LogP contribution in [0.3, 0.4) is 0 Å². The Morgan fingerprint density at radius 3 is 1.42 bits per heavy atom. The van der Waals surface area contributed by atoms with Gasteiger partial charge in [-0.25, -0.2) is 4.57 Å². The number of amides is 1. The lowest BCUT2D eigenvalue weighted by molar-refractivity contribution is -0.870. The van der Waals surface area contributed by atoms with Crippen molar-refractivity contribution in [2.24, 2.45) is 0 Å². The van der Waals surface area contributed by atoms with Crippen LogP contribution in [0.2, 0.25) is 0 Å². The highest BCUT2D eigenvalue weighted by atomic mass is 31.2. The number of aliphatic hydroxyl groups is 1. The van der Waals surface area contributed by atoms with Gasteiger partial charge in [0.15, 0.2) is 0 Å². The standard InChI is InChI=1S/C51H101N2O6P/c1-6-8-10-12-14-16-18-20-22-23-24-25-26-27-28-29-30-31-32-34-36-38-40-42-44-50(54)49(48-59-60(56,57)58-47-46-53(3,4)5)52-51(55)45-43-41-39-37-35-33-21-19-17-15-13-11-9-7-2/h13,15,19,21,49-50,54H,6-12,14,16-18,20,22-48H2,1-5H3,(H-,52,55,56,57)/p+1/b15-13-,21-19-. The summed E-state index contributed by atoms with van der Waals surface area (Å²) in [7, 11) is 1.61. The molecule has 0 aliphatic rings. The Labute approximate surface area is 373 Å². The van der Waals surface area contributed by atoms with Gasteiger partial charge in [0.1, 0.15) is 13.2 Å². The maximum Gasteiger partial charge on any atom is 0.472 e. The molecule has 8 nitrogen and oxygen atoms in total. The van der Waals surface area contributed by atoms with Crippen molar-refractivity contribution in [3.8, 4) is 0 Å². The maximum atomic E-state index is 12.9. The third kappa shape index (κ3) is 45.0. The molecule has 3 atom stereocenters. The third-order valence-electron chi connectivity index (χ3n) is 11.7. The lowest BCUT2D eigenvalue weighted by Gasteiger charge is -2.26. The number of likely N-dealkylation sites (N-methyl/N-ethyl adjacent to an activating group) is 1. The Morgan fingerprint density at radius 1 is 0.567 bits per heavy atom. The molecular formula is C51H102N2O6P+. The third-order valence-corrected chi connectivity index (χ3v) is 12.7. The van der Waals surface area contributed by atoms with Gasteiger partial charge < -0.3 is 19.8 Å². The van der Waals surface area contributed by atoms with Crippen LogP contribution in [-0.4, -0.2) is 73.4 Å². The molecule has 0 aliphatic heterocycles. The van der Waals surface area contributed by atoms with E-state index in [9.17, 15) is 19.4 Å². The van der Waals surface area contributed by atoms with Crippen LogP contribution in [0.5, 0.6) is 0 Å². The van der Waals surface area contributed by atoms with Crippen LogP contribution in [0.15, 0.2) is 24.3 Å². The van der Waals surface area contributed by atoms with Crippen molar-refractivity contribution < 1.29 is 32.9 Å². The van der Waals surface area contributed by atoms with Crippen molar-refractivity contribution in [2.75, 3.05) is 40.9 Å². The summed E-state index contributed by atoms with van der Waals surface area (Å²) in [5, 5.41) is 14.0. The lowest BCUT2D eigenvalue weighted by atomic mass is 10.0. The van der Waals surface area contributed by atoms with Crippen LogP contribution in [0.25, 0.3) is 0 Å². The molecule has 0 fully saturated rings. The first-order valence-corrected chi connectivity index (χ1v) is 27.2. The number of rotatable bonds is 47. The van der Waals surface area contributed by atoms with E-state index in [0.29, 0.717) is 23.9 Å². The zero-order valence-corrected chi connectivity index (χ0v) is 41.4. The molecule has 0 saturated heterocycles. The van der Waals surface area contributed by atoms with Gasteiger partial charge in [-0.3, -0.25) is 13.8 Å². The molecule has 60 heavy (non-hydrogen) atoms. The van der Waals surface area contributed by atoms with Gasteiger partial charge in [0, 0.05) is 6.42 Å². The molecule has 0 aromatic carbocycles. The molecule has 0 bridgehead atoms. The summed E-state index contributed by atoms with van der Waals surface area (Å²) in [6.45, 7) is 4.86. The lowest BCUT2D eigenvalue weighted by Crippen LogP contribution is -2.46. The van der Waals surface area contributed by atoms with Crippen LogP contribution in [0.4, 0.5) is 0 Å². The van der Waals surface area contributed by atoms with Crippen LogP contribution < -0.4 is 5.32 Å². The zero-order valence-electron chi connectivity index (χ0n) is 40.5. The van der Waals surface area contributed by atoms with E-state index < -0.39 is 20.0 Å². The fraction of sp³-hybridized carbons (Fsp3) is 0.902. The van der Waals surface area contributed by atoms with Crippen LogP contribution >= 0.6 is 7.82 Å². The molecule has 0 aliphatic carbocycles. The molecule has 3 N–H and O–H groups in total. The number of hydrogen-bond donors (Lipinski definition) is 3. The first kappa shape index (κ1) is 59.0. The predicted molar refractivity (Wildman–Crippen MR) is 258 cm³/mol. The SMILES string of the molecule is CCCC/C=C\C/C=C\CCCCCCCC(=O)NC(COP(=O)(O)OCC[N+](C)(C)C)C(O)CCCCCCCCCCCCCCCCCCCCCCCCCC. The summed E-state index contributed by atoms with van der Waals surface area (Å²) in [6.07, 6.45) is 52.2. The number of nitrogens with one attached hydrogen (secondary N) is 1. The van der Waals surface area contributed by atoms with Crippen LogP contribution in [0, 0.1) is 0 Å². The molecule has 356 valence electrons. The highest BCUT2D eigenvalue weighted by Gasteiger charge is 2.28. The molecule has 0 aromatic heterocycles. The number of allylic oxidation sites excluding steroid dienone is 4. The molecule has 0 spiro atoms. The Kier molecular flexibility index (Phi) is 42.5. The first-order chi connectivity index (χ1) is 29.0. The monoisotopic (exact) mass is 870 g/mol.